The van der Waals surface area contributed by atoms with Gasteiger partial charge in [-0.05, 0) is 13.3 Å². The number of piperidine rings is 1. The van der Waals surface area contributed by atoms with Gasteiger partial charge in [0, 0.05) is 24.9 Å². The third-order valence-corrected chi connectivity index (χ3v) is 3.31. The number of hydrogen-bond donors (Lipinski definition) is 1. The highest BCUT2D eigenvalue weighted by atomic mass is 16.7. The van der Waals surface area contributed by atoms with E-state index < -0.39 is 0 Å². The first-order valence-corrected chi connectivity index (χ1v) is 5.21. The van der Waals surface area contributed by atoms with Gasteiger partial charge in [0.25, 0.3) is 0 Å². The van der Waals surface area contributed by atoms with Crippen molar-refractivity contribution in [3.63, 3.8) is 0 Å². The summed E-state index contributed by atoms with van der Waals surface area (Å²) in [6.45, 7) is 6.99. The van der Waals surface area contributed by atoms with Crippen LogP contribution >= 0.6 is 0 Å². The van der Waals surface area contributed by atoms with Crippen molar-refractivity contribution in [1.29, 1.82) is 0 Å². The average molecular weight is 185 g/mol. The molecule has 0 amide bonds. The van der Waals surface area contributed by atoms with Gasteiger partial charge in [-0.15, -0.1) is 0 Å². The van der Waals surface area contributed by atoms with E-state index in [1.807, 2.05) is 0 Å². The van der Waals surface area contributed by atoms with E-state index in [-0.39, 0.29) is 11.3 Å². The highest BCUT2D eigenvalue weighted by molar-refractivity contribution is 4.95. The Balaban J connectivity index is 2.06. The van der Waals surface area contributed by atoms with Gasteiger partial charge in [0.2, 0.25) is 0 Å². The lowest BCUT2D eigenvalue weighted by molar-refractivity contribution is -0.189. The third kappa shape index (κ3) is 1.73. The van der Waals surface area contributed by atoms with Crippen molar-refractivity contribution in [3.8, 4) is 0 Å². The lowest BCUT2D eigenvalue weighted by Gasteiger charge is -2.43. The second kappa shape index (κ2) is 3.23. The first-order valence-electron chi connectivity index (χ1n) is 5.21. The van der Waals surface area contributed by atoms with Crippen LogP contribution in [0, 0.1) is 0 Å². The van der Waals surface area contributed by atoms with Gasteiger partial charge in [0.1, 0.15) is 0 Å². The minimum atomic E-state index is -0.254. The molecule has 2 aliphatic rings. The fourth-order valence-electron chi connectivity index (χ4n) is 2.29. The zero-order valence-electron chi connectivity index (χ0n) is 8.56. The maximum atomic E-state index is 5.72. The van der Waals surface area contributed by atoms with Crippen molar-refractivity contribution >= 4 is 0 Å². The van der Waals surface area contributed by atoms with E-state index in [0.717, 1.165) is 39.0 Å². The zero-order valence-corrected chi connectivity index (χ0v) is 8.56. The predicted octanol–water partition coefficient (Wildman–Crippen LogP) is 1.28. The van der Waals surface area contributed by atoms with Crippen molar-refractivity contribution in [3.05, 3.63) is 0 Å². The van der Waals surface area contributed by atoms with Gasteiger partial charge >= 0.3 is 0 Å². The van der Waals surface area contributed by atoms with E-state index in [2.05, 4.69) is 19.2 Å². The molecule has 1 atom stereocenters. The molecular formula is C10H19NO2. The van der Waals surface area contributed by atoms with Crippen molar-refractivity contribution in [2.75, 3.05) is 19.8 Å². The van der Waals surface area contributed by atoms with E-state index in [1.165, 1.54) is 0 Å². The molecule has 2 heterocycles. The van der Waals surface area contributed by atoms with Crippen LogP contribution in [0.25, 0.3) is 0 Å². The molecule has 0 radical (unpaired) electrons. The summed E-state index contributed by atoms with van der Waals surface area (Å²) >= 11 is 0. The summed E-state index contributed by atoms with van der Waals surface area (Å²) in [6, 6.07) is 0. The van der Waals surface area contributed by atoms with E-state index in [1.54, 1.807) is 0 Å². The summed E-state index contributed by atoms with van der Waals surface area (Å²) in [7, 11) is 0. The molecule has 1 N–H and O–H groups in total. The number of hydrogen-bond acceptors (Lipinski definition) is 3. The Labute approximate surface area is 79.8 Å². The molecule has 3 nitrogen and oxygen atoms in total. The fourth-order valence-corrected chi connectivity index (χ4v) is 2.29. The van der Waals surface area contributed by atoms with Crippen molar-refractivity contribution < 1.29 is 9.47 Å². The molecular weight excluding hydrogens is 166 g/mol. The minimum absolute atomic E-state index is 0.197. The standard InChI is InChI=1S/C10H19NO2/c1-3-9(2)8-10(4-5-11-9)12-6-7-13-10/h11H,3-8H2,1-2H3. The molecule has 1 spiro atoms. The molecule has 2 saturated heterocycles. The minimum Gasteiger partial charge on any atom is -0.347 e. The summed E-state index contributed by atoms with van der Waals surface area (Å²) in [4.78, 5) is 0. The topological polar surface area (TPSA) is 30.5 Å². The molecule has 2 aliphatic heterocycles. The first kappa shape index (κ1) is 9.44. The molecule has 2 rings (SSSR count). The number of rotatable bonds is 1. The fraction of sp³-hybridized carbons (Fsp3) is 1.00. The highest BCUT2D eigenvalue weighted by Gasteiger charge is 2.45. The van der Waals surface area contributed by atoms with Crippen molar-refractivity contribution in [2.45, 2.75) is 44.4 Å². The van der Waals surface area contributed by atoms with Gasteiger partial charge in [-0.2, -0.15) is 0 Å². The van der Waals surface area contributed by atoms with Crippen LogP contribution in [0.5, 0.6) is 0 Å². The second-order valence-electron chi connectivity index (χ2n) is 4.38. The summed E-state index contributed by atoms with van der Waals surface area (Å²) in [6.07, 6.45) is 3.10. The number of ether oxygens (including phenoxy) is 2. The van der Waals surface area contributed by atoms with E-state index in [9.17, 15) is 0 Å². The molecule has 1 unspecified atom stereocenters. The second-order valence-corrected chi connectivity index (χ2v) is 4.38. The normalized spacial score (nSPS) is 38.3. The molecule has 0 aromatic carbocycles. The van der Waals surface area contributed by atoms with Gasteiger partial charge in [0.05, 0.1) is 13.2 Å². The molecule has 13 heavy (non-hydrogen) atoms. The quantitative estimate of drug-likeness (QED) is 0.667. The van der Waals surface area contributed by atoms with Crippen LogP contribution in [0.15, 0.2) is 0 Å². The maximum Gasteiger partial charge on any atom is 0.171 e. The SMILES string of the molecule is CCC1(C)CC2(CCN1)OCCO2. The van der Waals surface area contributed by atoms with Crippen molar-refractivity contribution in [1.82, 2.24) is 5.32 Å². The lowest BCUT2D eigenvalue weighted by atomic mass is 9.84. The number of nitrogens with one attached hydrogen (secondary N) is 1. The summed E-state index contributed by atoms with van der Waals surface area (Å²) < 4.78 is 11.4. The zero-order chi connectivity index (χ0) is 9.36. The van der Waals surface area contributed by atoms with Crippen LogP contribution in [0.3, 0.4) is 0 Å². The monoisotopic (exact) mass is 185 g/mol. The van der Waals surface area contributed by atoms with Gasteiger partial charge < -0.3 is 14.8 Å². The molecule has 0 saturated carbocycles. The molecule has 76 valence electrons. The Morgan fingerprint density at radius 3 is 2.62 bits per heavy atom. The summed E-state index contributed by atoms with van der Waals surface area (Å²) in [5.41, 5.74) is 0.197. The van der Waals surface area contributed by atoms with Crippen LogP contribution in [0.1, 0.15) is 33.1 Å². The van der Waals surface area contributed by atoms with Crippen LogP contribution in [0.4, 0.5) is 0 Å². The third-order valence-electron chi connectivity index (χ3n) is 3.31. The van der Waals surface area contributed by atoms with Gasteiger partial charge in [-0.25, -0.2) is 0 Å². The molecule has 2 fully saturated rings. The molecule has 0 aromatic rings. The van der Waals surface area contributed by atoms with E-state index >= 15 is 0 Å². The molecule has 3 heteroatoms. The molecule has 0 aromatic heterocycles. The maximum absolute atomic E-state index is 5.72. The average Bonchev–Trinajstić information content (AvgIpc) is 2.53. The Bertz CT molecular complexity index is 189. The van der Waals surface area contributed by atoms with E-state index in [4.69, 9.17) is 9.47 Å². The highest BCUT2D eigenvalue weighted by Crippen LogP contribution is 2.36. The largest absolute Gasteiger partial charge is 0.347 e. The van der Waals surface area contributed by atoms with E-state index in [0.29, 0.717) is 0 Å². The molecule has 0 aliphatic carbocycles. The van der Waals surface area contributed by atoms with Gasteiger partial charge in [-0.3, -0.25) is 0 Å². The lowest BCUT2D eigenvalue weighted by Crippen LogP contribution is -2.55. The Morgan fingerprint density at radius 2 is 2.00 bits per heavy atom. The molecule has 0 bridgehead atoms. The van der Waals surface area contributed by atoms with Crippen LogP contribution in [0.2, 0.25) is 0 Å². The van der Waals surface area contributed by atoms with Gasteiger partial charge in [-0.1, -0.05) is 6.92 Å². The Kier molecular flexibility index (Phi) is 2.34. The first-order chi connectivity index (χ1) is 6.18. The summed E-state index contributed by atoms with van der Waals surface area (Å²) in [5, 5.41) is 3.54. The van der Waals surface area contributed by atoms with Crippen LogP contribution < -0.4 is 5.32 Å². The van der Waals surface area contributed by atoms with Crippen LogP contribution in [-0.2, 0) is 9.47 Å². The predicted molar refractivity (Wildman–Crippen MR) is 50.6 cm³/mol. The smallest absolute Gasteiger partial charge is 0.171 e. The Hall–Kier alpha value is -0.120. The van der Waals surface area contributed by atoms with Gasteiger partial charge in [0.15, 0.2) is 5.79 Å². The van der Waals surface area contributed by atoms with Crippen molar-refractivity contribution in [2.24, 2.45) is 0 Å². The van der Waals surface area contributed by atoms with Crippen LogP contribution in [-0.4, -0.2) is 31.1 Å². The Morgan fingerprint density at radius 1 is 1.31 bits per heavy atom. The summed E-state index contributed by atoms with van der Waals surface area (Å²) in [5.74, 6) is -0.254.